The van der Waals surface area contributed by atoms with Gasteiger partial charge in [-0.05, 0) is 12.3 Å². The molecule has 0 aliphatic heterocycles. The van der Waals surface area contributed by atoms with Crippen LogP contribution in [-0.2, 0) is 19.1 Å². The van der Waals surface area contributed by atoms with Crippen LogP contribution in [-0.4, -0.2) is 60.4 Å². The number of hydrogen-bond donors (Lipinski definition) is 4. The van der Waals surface area contributed by atoms with Crippen LogP contribution in [0.15, 0.2) is 0 Å². The molecular formula is C14H26N2O6. The second kappa shape index (κ2) is 11.9. The molecule has 0 aromatic carbocycles. The van der Waals surface area contributed by atoms with Gasteiger partial charge >= 0.3 is 5.97 Å². The van der Waals surface area contributed by atoms with E-state index in [4.69, 9.17) is 14.9 Å². The van der Waals surface area contributed by atoms with Crippen molar-refractivity contribution < 1.29 is 29.3 Å². The van der Waals surface area contributed by atoms with Gasteiger partial charge in [0.25, 0.3) is 0 Å². The van der Waals surface area contributed by atoms with Crippen molar-refractivity contribution in [1.29, 1.82) is 0 Å². The molecule has 0 rings (SSSR count). The smallest absolute Gasteiger partial charge is 0.326 e. The average Bonchev–Trinajstić information content (AvgIpc) is 2.43. The highest BCUT2D eigenvalue weighted by Crippen LogP contribution is 2.05. The van der Waals surface area contributed by atoms with Gasteiger partial charge in [-0.3, -0.25) is 9.59 Å². The zero-order valence-corrected chi connectivity index (χ0v) is 13.1. The second-order valence-corrected chi connectivity index (χ2v) is 5.27. The van der Waals surface area contributed by atoms with E-state index in [0.717, 1.165) is 0 Å². The Morgan fingerprint density at radius 3 is 2.27 bits per heavy atom. The summed E-state index contributed by atoms with van der Waals surface area (Å²) >= 11 is 0. The first-order valence-electron chi connectivity index (χ1n) is 7.34. The molecule has 0 bridgehead atoms. The molecule has 0 spiro atoms. The number of aliphatic hydroxyl groups is 1. The molecule has 0 saturated heterocycles. The zero-order chi connectivity index (χ0) is 17.0. The molecule has 0 heterocycles. The Morgan fingerprint density at radius 2 is 1.73 bits per heavy atom. The number of carboxylic acid groups (broad SMARTS) is 1. The number of hydrogen-bond acceptors (Lipinski definition) is 5. The van der Waals surface area contributed by atoms with E-state index in [1.807, 2.05) is 13.8 Å². The number of rotatable bonds is 12. The maximum atomic E-state index is 11.7. The minimum Gasteiger partial charge on any atom is -0.480 e. The van der Waals surface area contributed by atoms with Crippen molar-refractivity contribution in [1.82, 2.24) is 10.6 Å². The minimum atomic E-state index is -1.08. The number of amides is 2. The monoisotopic (exact) mass is 318 g/mol. The number of nitrogens with one attached hydrogen (secondary N) is 2. The van der Waals surface area contributed by atoms with Crippen LogP contribution in [0.2, 0.25) is 0 Å². The first kappa shape index (κ1) is 20.3. The van der Waals surface area contributed by atoms with Crippen molar-refractivity contribution >= 4 is 17.8 Å². The highest BCUT2D eigenvalue weighted by molar-refractivity contribution is 5.86. The van der Waals surface area contributed by atoms with E-state index >= 15 is 0 Å². The van der Waals surface area contributed by atoms with Crippen molar-refractivity contribution in [2.45, 2.75) is 39.2 Å². The van der Waals surface area contributed by atoms with E-state index in [1.165, 1.54) is 0 Å². The van der Waals surface area contributed by atoms with Crippen LogP contribution in [0.3, 0.4) is 0 Å². The second-order valence-electron chi connectivity index (χ2n) is 5.27. The molecule has 128 valence electrons. The Balaban J connectivity index is 3.91. The fourth-order valence-corrected chi connectivity index (χ4v) is 1.70. The molecule has 0 radical (unpaired) electrons. The molecule has 1 atom stereocenters. The Bertz CT molecular complexity index is 359. The van der Waals surface area contributed by atoms with E-state index in [-0.39, 0.29) is 44.5 Å². The molecule has 8 heteroatoms. The number of ether oxygens (including phenoxy) is 1. The first-order chi connectivity index (χ1) is 10.4. The van der Waals surface area contributed by atoms with Gasteiger partial charge in [0.15, 0.2) is 0 Å². The third-order valence-electron chi connectivity index (χ3n) is 2.72. The van der Waals surface area contributed by atoms with Crippen molar-refractivity contribution in [3.63, 3.8) is 0 Å². The highest BCUT2D eigenvalue weighted by Gasteiger charge is 2.21. The third kappa shape index (κ3) is 11.0. The molecular weight excluding hydrogens is 292 g/mol. The molecule has 0 saturated carbocycles. The molecule has 8 nitrogen and oxygen atoms in total. The first-order valence-corrected chi connectivity index (χ1v) is 7.34. The van der Waals surface area contributed by atoms with Crippen molar-refractivity contribution in [3.05, 3.63) is 0 Å². The maximum Gasteiger partial charge on any atom is 0.326 e. The quantitative estimate of drug-likeness (QED) is 0.360. The van der Waals surface area contributed by atoms with E-state index in [9.17, 15) is 14.4 Å². The number of aliphatic carboxylic acids is 1. The molecule has 2 amide bonds. The van der Waals surface area contributed by atoms with Gasteiger partial charge in [-0.1, -0.05) is 13.8 Å². The van der Waals surface area contributed by atoms with Crippen LogP contribution >= 0.6 is 0 Å². The highest BCUT2D eigenvalue weighted by atomic mass is 16.5. The lowest BCUT2D eigenvalue weighted by Gasteiger charge is -2.16. The molecule has 0 aromatic heterocycles. The summed E-state index contributed by atoms with van der Waals surface area (Å²) in [5, 5.41) is 22.5. The predicted octanol–water partition coefficient (Wildman–Crippen LogP) is -0.493. The van der Waals surface area contributed by atoms with Crippen LogP contribution in [0.4, 0.5) is 0 Å². The van der Waals surface area contributed by atoms with Gasteiger partial charge in [0.05, 0.1) is 19.8 Å². The van der Waals surface area contributed by atoms with Gasteiger partial charge in [-0.2, -0.15) is 0 Å². The van der Waals surface area contributed by atoms with Crippen LogP contribution in [0, 0.1) is 5.92 Å². The number of carbonyl (C=O) groups is 3. The van der Waals surface area contributed by atoms with Gasteiger partial charge in [0.1, 0.15) is 6.04 Å². The van der Waals surface area contributed by atoms with Crippen LogP contribution in [0.1, 0.15) is 33.1 Å². The molecule has 0 aliphatic carbocycles. The Kier molecular flexibility index (Phi) is 11.0. The van der Waals surface area contributed by atoms with Crippen LogP contribution in [0.25, 0.3) is 0 Å². The lowest BCUT2D eigenvalue weighted by molar-refractivity contribution is -0.142. The maximum absolute atomic E-state index is 11.7. The summed E-state index contributed by atoms with van der Waals surface area (Å²) in [4.78, 5) is 34.1. The van der Waals surface area contributed by atoms with Gasteiger partial charge in [-0.15, -0.1) is 0 Å². The van der Waals surface area contributed by atoms with Gasteiger partial charge in [-0.25, -0.2) is 4.79 Å². The van der Waals surface area contributed by atoms with E-state index in [1.54, 1.807) is 0 Å². The Labute approximate surface area is 130 Å². The topological polar surface area (TPSA) is 125 Å². The summed E-state index contributed by atoms with van der Waals surface area (Å²) in [6, 6.07) is -0.928. The normalized spacial score (nSPS) is 12.0. The molecule has 22 heavy (non-hydrogen) atoms. The van der Waals surface area contributed by atoms with Crippen LogP contribution < -0.4 is 10.6 Å². The van der Waals surface area contributed by atoms with E-state index < -0.39 is 17.9 Å². The molecule has 0 fully saturated rings. The van der Waals surface area contributed by atoms with Gasteiger partial charge < -0.3 is 25.6 Å². The van der Waals surface area contributed by atoms with E-state index in [0.29, 0.717) is 13.0 Å². The SMILES string of the molecule is CC(C)CC(NC(=O)CCC(=O)NCCOCCO)C(=O)O. The van der Waals surface area contributed by atoms with E-state index in [2.05, 4.69) is 10.6 Å². The zero-order valence-electron chi connectivity index (χ0n) is 13.1. The molecule has 0 aliphatic rings. The largest absolute Gasteiger partial charge is 0.480 e. The minimum absolute atomic E-state index is 0.0140. The van der Waals surface area contributed by atoms with Crippen molar-refractivity contribution in [2.75, 3.05) is 26.4 Å². The lowest BCUT2D eigenvalue weighted by Crippen LogP contribution is -2.42. The van der Waals surface area contributed by atoms with Gasteiger partial charge in [0.2, 0.25) is 11.8 Å². The summed E-state index contributed by atoms with van der Waals surface area (Å²) in [6.45, 7) is 4.46. The fourth-order valence-electron chi connectivity index (χ4n) is 1.70. The molecule has 0 aromatic rings. The standard InChI is InChI=1S/C14H26N2O6/c1-10(2)9-11(14(20)21)16-13(19)4-3-12(18)15-5-7-22-8-6-17/h10-11,17H,3-9H2,1-2H3,(H,15,18)(H,16,19)(H,20,21). The van der Waals surface area contributed by atoms with Gasteiger partial charge in [0, 0.05) is 19.4 Å². The predicted molar refractivity (Wildman–Crippen MR) is 79.2 cm³/mol. The summed E-state index contributed by atoms with van der Waals surface area (Å²) in [6.07, 6.45) is 0.264. The summed E-state index contributed by atoms with van der Waals surface area (Å²) in [5.41, 5.74) is 0. The van der Waals surface area contributed by atoms with Crippen LogP contribution in [0.5, 0.6) is 0 Å². The van der Waals surface area contributed by atoms with Crippen molar-refractivity contribution in [2.24, 2.45) is 5.92 Å². The molecule has 1 unspecified atom stereocenters. The average molecular weight is 318 g/mol. The number of aliphatic hydroxyl groups excluding tert-OH is 1. The fraction of sp³-hybridized carbons (Fsp3) is 0.786. The number of carboxylic acids is 1. The number of carbonyl (C=O) groups excluding carboxylic acids is 2. The molecule has 4 N–H and O–H groups in total. The summed E-state index contributed by atoms with van der Waals surface area (Å²) < 4.78 is 4.97. The Morgan fingerprint density at radius 1 is 1.09 bits per heavy atom. The van der Waals surface area contributed by atoms with Crippen molar-refractivity contribution in [3.8, 4) is 0 Å². The summed E-state index contributed by atoms with van der Waals surface area (Å²) in [5.74, 6) is -1.70. The third-order valence-corrected chi connectivity index (χ3v) is 2.72. The Hall–Kier alpha value is -1.67. The lowest BCUT2D eigenvalue weighted by atomic mass is 10.0. The summed E-state index contributed by atoms with van der Waals surface area (Å²) in [7, 11) is 0.